The normalized spacial score (nSPS) is 18.6. The molecule has 0 amide bonds. The van der Waals surface area contributed by atoms with E-state index in [1.807, 2.05) is 40.0 Å². The molecule has 2 aromatic rings. The summed E-state index contributed by atoms with van der Waals surface area (Å²) in [5, 5.41) is 0.890. The number of nitrogens with one attached hydrogen (secondary N) is 1. The smallest absolute Gasteiger partial charge is 0.466 e. The van der Waals surface area contributed by atoms with Gasteiger partial charge in [0, 0.05) is 22.9 Å². The summed E-state index contributed by atoms with van der Waals surface area (Å²) in [6.45, 7) is 10.0. The van der Waals surface area contributed by atoms with Crippen LogP contribution in [0.15, 0.2) is 24.4 Å². The first-order chi connectivity index (χ1) is 13.6. The van der Waals surface area contributed by atoms with E-state index in [2.05, 4.69) is 4.98 Å². The molecule has 2 heterocycles. The first-order valence-corrected chi connectivity index (χ1v) is 9.80. The highest BCUT2D eigenvalue weighted by Gasteiger charge is 2.54. The first-order valence-electron chi connectivity index (χ1n) is 9.80. The molecule has 29 heavy (non-hydrogen) atoms. The Balaban J connectivity index is 2.00. The molecule has 1 saturated heterocycles. The van der Waals surface area contributed by atoms with E-state index >= 15 is 0 Å². The highest BCUT2D eigenvalue weighted by molar-refractivity contribution is 6.48. The van der Waals surface area contributed by atoms with Gasteiger partial charge in [-0.2, -0.15) is 0 Å². The summed E-state index contributed by atoms with van der Waals surface area (Å²) in [6, 6.07) is 5.28. The number of aromatic nitrogens is 1. The minimum atomic E-state index is -0.608. The van der Waals surface area contributed by atoms with Crippen molar-refractivity contribution in [3.63, 3.8) is 0 Å². The van der Waals surface area contributed by atoms with Crippen molar-refractivity contribution in [3.05, 3.63) is 35.5 Å². The number of fused-ring (bicyclic) bond motifs is 1. The molecule has 0 aliphatic carbocycles. The van der Waals surface area contributed by atoms with E-state index in [4.69, 9.17) is 18.8 Å². The Kier molecular flexibility index (Phi) is 5.78. The number of hydrogen-bond donors (Lipinski definition) is 1. The van der Waals surface area contributed by atoms with Crippen molar-refractivity contribution in [1.82, 2.24) is 4.98 Å². The lowest BCUT2D eigenvalue weighted by Gasteiger charge is -2.32. The fraction of sp³-hybridized carbons (Fsp3) is 0.524. The van der Waals surface area contributed by atoms with Gasteiger partial charge < -0.3 is 23.8 Å². The van der Waals surface area contributed by atoms with Crippen LogP contribution in [0.1, 0.15) is 62.8 Å². The topological polar surface area (TPSA) is 86.9 Å². The van der Waals surface area contributed by atoms with Gasteiger partial charge in [0.05, 0.1) is 36.9 Å². The van der Waals surface area contributed by atoms with Crippen LogP contribution in [-0.4, -0.2) is 49.0 Å². The van der Waals surface area contributed by atoms with Crippen LogP contribution in [-0.2, 0) is 23.6 Å². The summed E-state index contributed by atoms with van der Waals surface area (Å²) in [7, 11) is 0.740. The summed E-state index contributed by atoms with van der Waals surface area (Å²) in [4.78, 5) is 27.4. The molecule has 1 atom stereocenters. The van der Waals surface area contributed by atoms with Crippen LogP contribution in [0, 0.1) is 0 Å². The Labute approximate surface area is 171 Å². The van der Waals surface area contributed by atoms with Crippen molar-refractivity contribution in [3.8, 4) is 0 Å². The van der Waals surface area contributed by atoms with Crippen molar-refractivity contribution in [2.75, 3.05) is 13.7 Å². The number of carbonyl (C=O) groups excluding carboxylic acids is 2. The van der Waals surface area contributed by atoms with Gasteiger partial charge in [-0.05, 0) is 52.3 Å². The number of ether oxygens (including phenoxy) is 2. The molecular weight excluding hydrogens is 373 g/mol. The van der Waals surface area contributed by atoms with E-state index in [9.17, 15) is 9.59 Å². The minimum absolute atomic E-state index is 0.121. The largest absolute Gasteiger partial charge is 0.466 e. The van der Waals surface area contributed by atoms with Crippen LogP contribution in [0.25, 0.3) is 10.9 Å². The second kappa shape index (κ2) is 7.84. The predicted molar refractivity (Wildman–Crippen MR) is 110 cm³/mol. The van der Waals surface area contributed by atoms with Crippen LogP contribution < -0.4 is 0 Å². The number of H-pyrrole nitrogens is 1. The van der Waals surface area contributed by atoms with Gasteiger partial charge in [0.15, 0.2) is 0 Å². The molecule has 0 radical (unpaired) electrons. The molecule has 0 spiro atoms. The minimum Gasteiger partial charge on any atom is -0.466 e. The van der Waals surface area contributed by atoms with E-state index in [1.165, 1.54) is 7.11 Å². The van der Waals surface area contributed by atoms with Gasteiger partial charge in [-0.25, -0.2) is 4.79 Å². The van der Waals surface area contributed by atoms with E-state index < -0.39 is 24.3 Å². The summed E-state index contributed by atoms with van der Waals surface area (Å²) >= 11 is 0. The van der Waals surface area contributed by atoms with Gasteiger partial charge in [0.25, 0.3) is 0 Å². The molecule has 7 nitrogen and oxygen atoms in total. The van der Waals surface area contributed by atoms with Crippen LogP contribution in [0.5, 0.6) is 0 Å². The summed E-state index contributed by atoms with van der Waals surface area (Å²) in [5.74, 6) is -1.09. The molecule has 1 aromatic carbocycles. The number of hydrogen-bond acceptors (Lipinski definition) is 6. The Morgan fingerprint density at radius 3 is 2.41 bits per heavy atom. The van der Waals surface area contributed by atoms with Gasteiger partial charge in [-0.3, -0.25) is 4.79 Å². The molecule has 8 heteroatoms. The third-order valence-corrected chi connectivity index (χ3v) is 5.83. The Morgan fingerprint density at radius 2 is 1.83 bits per heavy atom. The van der Waals surface area contributed by atoms with Crippen LogP contribution in [0.4, 0.5) is 0 Å². The van der Waals surface area contributed by atoms with Gasteiger partial charge in [0.1, 0.15) is 0 Å². The molecule has 1 aliphatic heterocycles. The predicted octanol–water partition coefficient (Wildman–Crippen LogP) is 3.62. The molecule has 1 unspecified atom stereocenters. The lowest BCUT2D eigenvalue weighted by molar-refractivity contribution is -0.143. The zero-order valence-electron chi connectivity index (χ0n) is 17.8. The van der Waals surface area contributed by atoms with Crippen molar-refractivity contribution < 1.29 is 28.4 Å². The van der Waals surface area contributed by atoms with E-state index in [1.54, 1.807) is 19.1 Å². The zero-order chi connectivity index (χ0) is 21.4. The highest BCUT2D eigenvalue weighted by atomic mass is 16.7. The van der Waals surface area contributed by atoms with Crippen molar-refractivity contribution in [2.45, 2.75) is 58.1 Å². The average Bonchev–Trinajstić information content (AvgIpc) is 3.16. The SMILES string of the molecule is CCOC(=O)CC(B1OC(C)(C)C(C)(C)O1)c1c[nH]c2cc(C(=O)OC)ccc12. The molecular formula is C21H28BNO6. The summed E-state index contributed by atoms with van der Waals surface area (Å²) in [5.41, 5.74) is 1.06. The Bertz CT molecular complexity index is 903. The van der Waals surface area contributed by atoms with Crippen molar-refractivity contribution in [2.24, 2.45) is 0 Å². The monoisotopic (exact) mass is 401 g/mol. The number of methoxy groups -OCH3 is 1. The lowest BCUT2D eigenvalue weighted by Crippen LogP contribution is -2.41. The number of benzene rings is 1. The molecule has 1 aliphatic rings. The second-order valence-electron chi connectivity index (χ2n) is 8.24. The Hall–Kier alpha value is -2.32. The number of aromatic amines is 1. The maximum atomic E-state index is 12.3. The van der Waals surface area contributed by atoms with E-state index in [0.717, 1.165) is 16.5 Å². The molecule has 0 bridgehead atoms. The van der Waals surface area contributed by atoms with Crippen molar-refractivity contribution in [1.29, 1.82) is 0 Å². The molecule has 156 valence electrons. The average molecular weight is 401 g/mol. The van der Waals surface area contributed by atoms with Crippen LogP contribution in [0.3, 0.4) is 0 Å². The van der Waals surface area contributed by atoms with Gasteiger partial charge in [-0.1, -0.05) is 6.07 Å². The number of esters is 2. The van der Waals surface area contributed by atoms with Crippen molar-refractivity contribution >= 4 is 30.0 Å². The maximum Gasteiger partial charge on any atom is 0.466 e. The molecule has 0 saturated carbocycles. The Morgan fingerprint density at radius 1 is 1.17 bits per heavy atom. The molecule has 1 fully saturated rings. The lowest BCUT2D eigenvalue weighted by atomic mass is 9.66. The summed E-state index contributed by atoms with van der Waals surface area (Å²) in [6.07, 6.45) is 1.96. The van der Waals surface area contributed by atoms with E-state index in [0.29, 0.717) is 12.2 Å². The fourth-order valence-electron chi connectivity index (χ4n) is 3.51. The molecule has 1 N–H and O–H groups in total. The van der Waals surface area contributed by atoms with Gasteiger partial charge >= 0.3 is 19.1 Å². The zero-order valence-corrected chi connectivity index (χ0v) is 17.8. The van der Waals surface area contributed by atoms with Gasteiger partial charge in [0.2, 0.25) is 0 Å². The molecule has 1 aromatic heterocycles. The standard InChI is InChI=1S/C21H28BNO6/c1-7-27-18(24)11-16(22-28-20(2,3)21(4,5)29-22)15-12-23-17-10-13(19(25)26-6)8-9-14(15)17/h8-10,12,16,23H,7,11H2,1-6H3. The third-order valence-electron chi connectivity index (χ3n) is 5.83. The van der Waals surface area contributed by atoms with Crippen LogP contribution in [0.2, 0.25) is 0 Å². The first kappa shape index (κ1) is 21.4. The second-order valence-corrected chi connectivity index (χ2v) is 8.24. The van der Waals surface area contributed by atoms with Gasteiger partial charge in [-0.15, -0.1) is 0 Å². The number of carbonyl (C=O) groups is 2. The maximum absolute atomic E-state index is 12.3. The number of rotatable bonds is 6. The third kappa shape index (κ3) is 4.04. The quantitative estimate of drug-likeness (QED) is 0.588. The van der Waals surface area contributed by atoms with E-state index in [-0.39, 0.29) is 18.2 Å². The molecule has 3 rings (SSSR count). The fourth-order valence-corrected chi connectivity index (χ4v) is 3.51. The summed E-state index contributed by atoms with van der Waals surface area (Å²) < 4.78 is 22.5. The van der Waals surface area contributed by atoms with Crippen LogP contribution >= 0.6 is 0 Å². The highest BCUT2D eigenvalue weighted by Crippen LogP contribution is 2.43.